The van der Waals surface area contributed by atoms with Gasteiger partial charge in [0.1, 0.15) is 4.60 Å². The van der Waals surface area contributed by atoms with Gasteiger partial charge in [-0.15, -0.1) is 11.3 Å². The topological polar surface area (TPSA) is 42.0 Å². The van der Waals surface area contributed by atoms with Gasteiger partial charge in [0.25, 0.3) is 5.91 Å². The maximum absolute atomic E-state index is 12.0. The molecule has 0 bridgehead atoms. The number of amides is 1. The first-order valence-corrected chi connectivity index (χ1v) is 7.23. The summed E-state index contributed by atoms with van der Waals surface area (Å²) in [6.45, 7) is 1.92. The van der Waals surface area contributed by atoms with Crippen molar-refractivity contribution in [1.82, 2.24) is 10.3 Å². The molecule has 0 aliphatic rings. The number of thiophene rings is 1. The highest BCUT2D eigenvalue weighted by Crippen LogP contribution is 2.27. The third kappa shape index (κ3) is 3.10. The molecule has 3 nitrogen and oxygen atoms in total. The van der Waals surface area contributed by atoms with E-state index in [2.05, 4.69) is 26.2 Å². The Hall–Kier alpha value is -0.910. The molecule has 1 amide bonds. The first-order chi connectivity index (χ1) is 8.58. The molecule has 0 aliphatic carbocycles. The Morgan fingerprint density at radius 1 is 1.50 bits per heavy atom. The lowest BCUT2D eigenvalue weighted by Gasteiger charge is -2.12. The Labute approximate surface area is 122 Å². The van der Waals surface area contributed by atoms with E-state index in [1.807, 2.05) is 19.1 Å². The van der Waals surface area contributed by atoms with E-state index >= 15 is 0 Å². The molecule has 2 rings (SSSR count). The van der Waals surface area contributed by atoms with Gasteiger partial charge in [-0.25, -0.2) is 4.98 Å². The second-order valence-corrected chi connectivity index (χ2v) is 6.18. The summed E-state index contributed by atoms with van der Waals surface area (Å²) >= 11 is 10.6. The van der Waals surface area contributed by atoms with Crippen molar-refractivity contribution in [2.45, 2.75) is 13.0 Å². The van der Waals surface area contributed by atoms with Crippen LogP contribution in [0.2, 0.25) is 4.34 Å². The summed E-state index contributed by atoms with van der Waals surface area (Å²) in [5.74, 6) is -0.160. The number of pyridine rings is 1. The van der Waals surface area contributed by atoms with E-state index < -0.39 is 0 Å². The molecular weight excluding hydrogens is 336 g/mol. The average Bonchev–Trinajstić information content (AvgIpc) is 2.76. The molecule has 0 aliphatic heterocycles. The van der Waals surface area contributed by atoms with Crippen LogP contribution in [0.1, 0.15) is 28.2 Å². The van der Waals surface area contributed by atoms with Crippen LogP contribution in [0.3, 0.4) is 0 Å². The first-order valence-electron chi connectivity index (χ1n) is 5.24. The van der Waals surface area contributed by atoms with Crippen LogP contribution in [0.4, 0.5) is 0 Å². The monoisotopic (exact) mass is 344 g/mol. The number of carbonyl (C=O) groups excluding carboxylic acids is 1. The third-order valence-corrected chi connectivity index (χ3v) is 4.42. The Kier molecular flexibility index (Phi) is 4.37. The molecule has 1 N–H and O–H groups in total. The van der Waals surface area contributed by atoms with E-state index in [4.69, 9.17) is 11.6 Å². The van der Waals surface area contributed by atoms with Crippen molar-refractivity contribution in [1.29, 1.82) is 0 Å². The van der Waals surface area contributed by atoms with Gasteiger partial charge < -0.3 is 5.32 Å². The molecule has 0 saturated heterocycles. The van der Waals surface area contributed by atoms with Gasteiger partial charge in [0.05, 0.1) is 15.9 Å². The first kappa shape index (κ1) is 13.5. The largest absolute Gasteiger partial charge is 0.345 e. The molecule has 2 aromatic heterocycles. The average molecular weight is 346 g/mol. The molecule has 1 unspecified atom stereocenters. The van der Waals surface area contributed by atoms with Crippen LogP contribution < -0.4 is 5.32 Å². The second-order valence-electron chi connectivity index (χ2n) is 3.68. The smallest absolute Gasteiger partial charge is 0.254 e. The fraction of sp³-hybridized carbons (Fsp3) is 0.167. The molecule has 0 radical (unpaired) electrons. The zero-order chi connectivity index (χ0) is 13.1. The molecule has 0 saturated carbocycles. The number of carbonyl (C=O) groups is 1. The summed E-state index contributed by atoms with van der Waals surface area (Å²) in [6.07, 6.45) is 1.63. The minimum absolute atomic E-state index is 0.0814. The van der Waals surface area contributed by atoms with Gasteiger partial charge in [0.2, 0.25) is 0 Å². The Balaban J connectivity index is 2.10. The van der Waals surface area contributed by atoms with Crippen molar-refractivity contribution in [3.05, 3.63) is 49.8 Å². The zero-order valence-corrected chi connectivity index (χ0v) is 12.6. The van der Waals surface area contributed by atoms with Gasteiger partial charge >= 0.3 is 0 Å². The van der Waals surface area contributed by atoms with Crippen LogP contribution in [-0.4, -0.2) is 10.9 Å². The SMILES string of the molecule is CC(NC(=O)c1cccnc1Br)c1ccc(Cl)s1. The molecule has 0 fully saturated rings. The fourth-order valence-corrected chi connectivity index (χ4v) is 2.96. The fourth-order valence-electron chi connectivity index (χ4n) is 1.46. The molecule has 6 heteroatoms. The lowest BCUT2D eigenvalue weighted by Crippen LogP contribution is -2.26. The van der Waals surface area contributed by atoms with E-state index in [-0.39, 0.29) is 11.9 Å². The van der Waals surface area contributed by atoms with Crippen LogP contribution in [0.25, 0.3) is 0 Å². The quantitative estimate of drug-likeness (QED) is 0.853. The summed E-state index contributed by atoms with van der Waals surface area (Å²) in [5, 5.41) is 2.91. The predicted octanol–water partition coefficient (Wildman–Crippen LogP) is 4.05. The number of aromatic nitrogens is 1. The lowest BCUT2D eigenvalue weighted by molar-refractivity contribution is 0.0939. The number of nitrogens with one attached hydrogen (secondary N) is 1. The van der Waals surface area contributed by atoms with Crippen molar-refractivity contribution >= 4 is 44.8 Å². The predicted molar refractivity (Wildman–Crippen MR) is 77.1 cm³/mol. The number of nitrogens with zero attached hydrogens (tertiary/aromatic N) is 1. The van der Waals surface area contributed by atoms with Crippen LogP contribution in [0.15, 0.2) is 35.1 Å². The molecule has 0 spiro atoms. The van der Waals surface area contributed by atoms with Gasteiger partial charge in [0, 0.05) is 11.1 Å². The Morgan fingerprint density at radius 2 is 2.28 bits per heavy atom. The van der Waals surface area contributed by atoms with E-state index in [1.54, 1.807) is 18.3 Å². The molecule has 1 atom stereocenters. The number of rotatable bonds is 3. The summed E-state index contributed by atoms with van der Waals surface area (Å²) in [4.78, 5) is 17.1. The molecule has 94 valence electrons. The Morgan fingerprint density at radius 3 is 2.89 bits per heavy atom. The van der Waals surface area contributed by atoms with E-state index in [9.17, 15) is 4.79 Å². The summed E-state index contributed by atoms with van der Waals surface area (Å²) < 4.78 is 1.26. The van der Waals surface area contributed by atoms with E-state index in [0.717, 1.165) is 4.88 Å². The number of hydrogen-bond acceptors (Lipinski definition) is 3. The summed E-state index contributed by atoms with van der Waals surface area (Å²) in [5.41, 5.74) is 0.520. The van der Waals surface area contributed by atoms with Crippen LogP contribution >= 0.6 is 38.9 Å². The van der Waals surface area contributed by atoms with Gasteiger partial charge in [0.15, 0.2) is 0 Å². The molecular formula is C12H10BrClN2OS. The molecule has 0 aromatic carbocycles. The highest BCUT2D eigenvalue weighted by molar-refractivity contribution is 9.10. The van der Waals surface area contributed by atoms with Crippen molar-refractivity contribution < 1.29 is 4.79 Å². The second kappa shape index (κ2) is 5.82. The van der Waals surface area contributed by atoms with Crippen molar-refractivity contribution in [3.8, 4) is 0 Å². The van der Waals surface area contributed by atoms with Gasteiger partial charge in [-0.3, -0.25) is 4.79 Å². The zero-order valence-electron chi connectivity index (χ0n) is 9.48. The standard InChI is InChI=1S/C12H10BrClN2OS/c1-7(9-4-5-10(14)18-9)16-12(17)8-3-2-6-15-11(8)13/h2-7H,1H3,(H,16,17). The summed E-state index contributed by atoms with van der Waals surface area (Å²) in [7, 11) is 0. The minimum atomic E-state index is -0.160. The van der Waals surface area contributed by atoms with Crippen LogP contribution in [0.5, 0.6) is 0 Å². The van der Waals surface area contributed by atoms with E-state index in [0.29, 0.717) is 14.5 Å². The maximum Gasteiger partial charge on any atom is 0.254 e. The highest BCUT2D eigenvalue weighted by Gasteiger charge is 2.15. The molecule has 2 aromatic rings. The van der Waals surface area contributed by atoms with Crippen molar-refractivity contribution in [2.24, 2.45) is 0 Å². The van der Waals surface area contributed by atoms with Crippen molar-refractivity contribution in [3.63, 3.8) is 0 Å². The number of hydrogen-bond donors (Lipinski definition) is 1. The number of halogens is 2. The molecule has 18 heavy (non-hydrogen) atoms. The minimum Gasteiger partial charge on any atom is -0.345 e. The highest BCUT2D eigenvalue weighted by atomic mass is 79.9. The van der Waals surface area contributed by atoms with Crippen molar-refractivity contribution in [2.75, 3.05) is 0 Å². The Bertz CT molecular complexity index is 573. The van der Waals surface area contributed by atoms with Crippen LogP contribution in [-0.2, 0) is 0 Å². The van der Waals surface area contributed by atoms with Gasteiger partial charge in [-0.1, -0.05) is 11.6 Å². The van der Waals surface area contributed by atoms with E-state index in [1.165, 1.54) is 11.3 Å². The van der Waals surface area contributed by atoms with Crippen LogP contribution in [0, 0.1) is 0 Å². The normalized spacial score (nSPS) is 12.2. The third-order valence-electron chi connectivity index (χ3n) is 2.37. The van der Waals surface area contributed by atoms with Gasteiger partial charge in [-0.2, -0.15) is 0 Å². The molecule has 2 heterocycles. The van der Waals surface area contributed by atoms with Gasteiger partial charge in [-0.05, 0) is 47.1 Å². The maximum atomic E-state index is 12.0. The lowest BCUT2D eigenvalue weighted by atomic mass is 10.2. The summed E-state index contributed by atoms with van der Waals surface area (Å²) in [6, 6.07) is 7.11.